The zero-order valence-corrected chi connectivity index (χ0v) is 18.2. The van der Waals surface area contributed by atoms with Crippen LogP contribution in [0.2, 0.25) is 0 Å². The topological polar surface area (TPSA) is 88.4 Å². The predicted molar refractivity (Wildman–Crippen MR) is 118 cm³/mol. The molecule has 2 aromatic carbocycles. The number of aromatic nitrogens is 2. The van der Waals surface area contributed by atoms with Crippen LogP contribution in [0, 0.1) is 6.92 Å². The summed E-state index contributed by atoms with van der Waals surface area (Å²) in [6.45, 7) is 2.65. The van der Waals surface area contributed by atoms with Crippen LogP contribution in [-0.4, -0.2) is 41.0 Å². The number of nitrogens with one attached hydrogen (secondary N) is 1. The molecule has 0 aliphatic heterocycles. The van der Waals surface area contributed by atoms with Gasteiger partial charge in [-0.1, -0.05) is 28.1 Å². The summed E-state index contributed by atoms with van der Waals surface area (Å²) in [5, 5.41) is 1.38. The summed E-state index contributed by atoms with van der Waals surface area (Å²) in [5.41, 5.74) is 1.75. The summed E-state index contributed by atoms with van der Waals surface area (Å²) < 4.78 is 11.9. The third kappa shape index (κ3) is 3.88. The van der Waals surface area contributed by atoms with Gasteiger partial charge in [0, 0.05) is 29.1 Å². The molecule has 30 heavy (non-hydrogen) atoms. The fraction of sp³-hybridized carbons (Fsp3) is 0.227. The van der Waals surface area contributed by atoms with E-state index < -0.39 is 0 Å². The third-order valence-electron chi connectivity index (χ3n) is 4.95. The molecule has 0 fully saturated rings. The Morgan fingerprint density at radius 3 is 2.83 bits per heavy atom. The predicted octanol–water partition coefficient (Wildman–Crippen LogP) is 4.03. The van der Waals surface area contributed by atoms with Gasteiger partial charge in [0.25, 0.3) is 11.5 Å². The molecule has 154 valence electrons. The number of H-pyrrole nitrogens is 1. The highest BCUT2D eigenvalue weighted by Gasteiger charge is 2.24. The van der Waals surface area contributed by atoms with E-state index in [0.29, 0.717) is 35.5 Å². The monoisotopic (exact) mass is 469 g/mol. The van der Waals surface area contributed by atoms with Crippen LogP contribution in [0.5, 0.6) is 0 Å². The second kappa shape index (κ2) is 8.41. The number of methoxy groups -OCH3 is 1. The number of nitrogens with zero attached hydrogens (tertiary/aromatic N) is 2. The van der Waals surface area contributed by atoms with E-state index in [9.17, 15) is 9.59 Å². The number of halogens is 1. The number of furan rings is 1. The molecule has 0 atom stereocenters. The van der Waals surface area contributed by atoms with Gasteiger partial charge in [0.2, 0.25) is 0 Å². The Morgan fingerprint density at radius 1 is 1.23 bits per heavy atom. The minimum atomic E-state index is -0.285. The number of aryl methyl sites for hydroxylation is 1. The minimum Gasteiger partial charge on any atom is -0.451 e. The lowest BCUT2D eigenvalue weighted by atomic mass is 10.1. The van der Waals surface area contributed by atoms with E-state index in [1.165, 1.54) is 0 Å². The molecule has 1 amide bonds. The van der Waals surface area contributed by atoms with Gasteiger partial charge in [0.1, 0.15) is 11.4 Å². The van der Waals surface area contributed by atoms with Crippen molar-refractivity contribution in [1.82, 2.24) is 14.9 Å². The summed E-state index contributed by atoms with van der Waals surface area (Å²) in [6.07, 6.45) is 0. The first kappa shape index (κ1) is 20.3. The minimum absolute atomic E-state index is 0.127. The zero-order valence-electron chi connectivity index (χ0n) is 16.6. The van der Waals surface area contributed by atoms with Gasteiger partial charge >= 0.3 is 0 Å². The first-order valence-corrected chi connectivity index (χ1v) is 10.2. The third-order valence-corrected chi connectivity index (χ3v) is 5.44. The smallest absolute Gasteiger partial charge is 0.290 e. The highest BCUT2D eigenvalue weighted by atomic mass is 79.9. The van der Waals surface area contributed by atoms with Crippen molar-refractivity contribution >= 4 is 43.7 Å². The van der Waals surface area contributed by atoms with Gasteiger partial charge in [-0.05, 0) is 37.3 Å². The van der Waals surface area contributed by atoms with Crippen molar-refractivity contribution in [2.75, 3.05) is 20.3 Å². The van der Waals surface area contributed by atoms with Crippen molar-refractivity contribution in [2.45, 2.75) is 13.5 Å². The first-order chi connectivity index (χ1) is 14.5. The molecule has 2 aromatic heterocycles. The quantitative estimate of drug-likeness (QED) is 0.460. The molecule has 0 bridgehead atoms. The lowest BCUT2D eigenvalue weighted by Gasteiger charge is -2.21. The normalized spacial score (nSPS) is 11.3. The van der Waals surface area contributed by atoms with Crippen LogP contribution in [0.15, 0.2) is 56.1 Å². The number of amides is 1. The van der Waals surface area contributed by atoms with Crippen molar-refractivity contribution in [3.63, 3.8) is 0 Å². The Labute approximate surface area is 180 Å². The van der Waals surface area contributed by atoms with E-state index in [2.05, 4.69) is 25.9 Å². The van der Waals surface area contributed by atoms with Crippen LogP contribution in [0.25, 0.3) is 21.9 Å². The molecule has 0 saturated heterocycles. The van der Waals surface area contributed by atoms with E-state index in [0.717, 1.165) is 15.4 Å². The maximum absolute atomic E-state index is 13.3. The molecular weight excluding hydrogens is 450 g/mol. The number of carbonyl (C=O) groups is 1. The highest BCUT2D eigenvalue weighted by molar-refractivity contribution is 9.10. The molecular formula is C22H20BrN3O4. The fourth-order valence-corrected chi connectivity index (χ4v) is 3.75. The van der Waals surface area contributed by atoms with E-state index in [-0.39, 0.29) is 23.8 Å². The molecule has 0 aliphatic carbocycles. The van der Waals surface area contributed by atoms with Crippen molar-refractivity contribution < 1.29 is 13.9 Å². The van der Waals surface area contributed by atoms with Crippen LogP contribution in [-0.2, 0) is 11.3 Å². The maximum Gasteiger partial charge on any atom is 0.290 e. The van der Waals surface area contributed by atoms with E-state index in [1.807, 2.05) is 31.2 Å². The Morgan fingerprint density at radius 2 is 2.03 bits per heavy atom. The molecule has 4 rings (SSSR count). The molecule has 0 radical (unpaired) electrons. The number of benzene rings is 2. The first-order valence-electron chi connectivity index (χ1n) is 9.42. The van der Waals surface area contributed by atoms with Gasteiger partial charge in [-0.15, -0.1) is 0 Å². The number of fused-ring (bicyclic) bond motifs is 2. The Hall–Kier alpha value is -2.97. The molecule has 8 heteroatoms. The fourth-order valence-electron chi connectivity index (χ4n) is 3.39. The number of para-hydroxylation sites is 1. The van der Waals surface area contributed by atoms with Crippen molar-refractivity contribution in [1.29, 1.82) is 0 Å². The SMILES string of the molecule is COCCN(Cc1nc2ccccc2c(=O)[nH]1)C(=O)c1oc2ccc(Br)cc2c1C. The standard InChI is InChI=1S/C22H20BrN3O4/c1-13-16-11-14(23)7-8-18(16)30-20(13)22(28)26(9-10-29-2)12-19-24-17-6-4-3-5-15(17)21(27)25-19/h3-8,11H,9-10,12H2,1-2H3,(H,24,25,27). The average molecular weight is 470 g/mol. The van der Waals surface area contributed by atoms with Crippen LogP contribution >= 0.6 is 15.9 Å². The lowest BCUT2D eigenvalue weighted by Crippen LogP contribution is -2.34. The molecule has 2 heterocycles. The van der Waals surface area contributed by atoms with Gasteiger partial charge < -0.3 is 19.0 Å². The second-order valence-corrected chi connectivity index (χ2v) is 7.86. The van der Waals surface area contributed by atoms with Crippen LogP contribution in [0.3, 0.4) is 0 Å². The Balaban J connectivity index is 1.70. The Kier molecular flexibility index (Phi) is 5.69. The summed E-state index contributed by atoms with van der Waals surface area (Å²) in [6, 6.07) is 12.7. The number of hydrogen-bond acceptors (Lipinski definition) is 5. The summed E-state index contributed by atoms with van der Waals surface area (Å²) in [5.74, 6) is 0.384. The highest BCUT2D eigenvalue weighted by Crippen LogP contribution is 2.29. The van der Waals surface area contributed by atoms with Gasteiger partial charge in [-0.3, -0.25) is 9.59 Å². The maximum atomic E-state index is 13.3. The van der Waals surface area contributed by atoms with Crippen molar-refractivity contribution in [3.05, 3.63) is 74.4 Å². The van der Waals surface area contributed by atoms with Gasteiger partial charge in [-0.25, -0.2) is 4.98 Å². The number of ether oxygens (including phenoxy) is 1. The summed E-state index contributed by atoms with van der Waals surface area (Å²) >= 11 is 3.45. The summed E-state index contributed by atoms with van der Waals surface area (Å²) in [7, 11) is 1.57. The average Bonchev–Trinajstić information content (AvgIpc) is 3.06. The lowest BCUT2D eigenvalue weighted by molar-refractivity contribution is 0.0645. The molecule has 1 N–H and O–H groups in total. The number of hydrogen-bond donors (Lipinski definition) is 1. The van der Waals surface area contributed by atoms with E-state index in [1.54, 1.807) is 30.2 Å². The van der Waals surface area contributed by atoms with Crippen LogP contribution < -0.4 is 5.56 Å². The molecule has 0 spiro atoms. The number of aromatic amines is 1. The summed E-state index contributed by atoms with van der Waals surface area (Å²) in [4.78, 5) is 34.6. The van der Waals surface area contributed by atoms with Crippen LogP contribution in [0.4, 0.5) is 0 Å². The van der Waals surface area contributed by atoms with Gasteiger partial charge in [0.05, 0.1) is 24.1 Å². The molecule has 4 aromatic rings. The van der Waals surface area contributed by atoms with Crippen molar-refractivity contribution in [2.24, 2.45) is 0 Å². The molecule has 0 saturated carbocycles. The van der Waals surface area contributed by atoms with E-state index in [4.69, 9.17) is 9.15 Å². The number of carbonyl (C=O) groups excluding carboxylic acids is 1. The van der Waals surface area contributed by atoms with E-state index >= 15 is 0 Å². The molecule has 0 aliphatic rings. The van der Waals surface area contributed by atoms with Gasteiger partial charge in [-0.2, -0.15) is 0 Å². The Bertz CT molecular complexity index is 1290. The molecule has 7 nitrogen and oxygen atoms in total. The largest absolute Gasteiger partial charge is 0.451 e. The van der Waals surface area contributed by atoms with Gasteiger partial charge in [0.15, 0.2) is 5.76 Å². The number of rotatable bonds is 6. The van der Waals surface area contributed by atoms with Crippen LogP contribution in [0.1, 0.15) is 21.9 Å². The second-order valence-electron chi connectivity index (χ2n) is 6.95. The zero-order chi connectivity index (χ0) is 21.3. The molecule has 0 unspecified atom stereocenters. The van der Waals surface area contributed by atoms with Crippen molar-refractivity contribution in [3.8, 4) is 0 Å².